The van der Waals surface area contributed by atoms with Gasteiger partial charge in [-0.1, -0.05) is 25.0 Å². The molecule has 1 N–H and O–H groups in total. The van der Waals surface area contributed by atoms with Gasteiger partial charge in [0.1, 0.15) is 0 Å². The van der Waals surface area contributed by atoms with Gasteiger partial charge in [0.05, 0.1) is 12.8 Å². The van der Waals surface area contributed by atoms with E-state index in [1.807, 2.05) is 30.5 Å². The molecule has 0 aromatic heterocycles. The third-order valence-corrected chi connectivity index (χ3v) is 4.33. The lowest BCUT2D eigenvalue weighted by Gasteiger charge is -2.17. The number of nitrogens with zero attached hydrogens (tertiary/aromatic N) is 2. The predicted molar refractivity (Wildman–Crippen MR) is 88.9 cm³/mol. The molecule has 0 bridgehead atoms. The minimum absolute atomic E-state index is 0.0334. The van der Waals surface area contributed by atoms with Gasteiger partial charge in [-0.25, -0.2) is 5.43 Å². The first kappa shape index (κ1) is 16.0. The van der Waals surface area contributed by atoms with Gasteiger partial charge in [0.25, 0.3) is 5.91 Å². The van der Waals surface area contributed by atoms with Gasteiger partial charge in [-0.3, -0.25) is 9.69 Å². The van der Waals surface area contributed by atoms with Crippen LogP contribution in [0, 0.1) is 0 Å². The molecule has 1 fully saturated rings. The Balaban J connectivity index is 1.75. The van der Waals surface area contributed by atoms with Crippen molar-refractivity contribution in [3.8, 4) is 0 Å². The van der Waals surface area contributed by atoms with Crippen LogP contribution in [0.1, 0.15) is 31.2 Å². The Morgan fingerprint density at radius 1 is 1.24 bits per heavy atom. The average Bonchev–Trinajstić information content (AvgIpc) is 2.76. The Labute approximate surface area is 131 Å². The van der Waals surface area contributed by atoms with E-state index in [9.17, 15) is 4.79 Å². The summed E-state index contributed by atoms with van der Waals surface area (Å²) in [6.45, 7) is 2.49. The molecule has 0 atom stereocenters. The molecule has 0 aliphatic carbocycles. The smallest absolute Gasteiger partial charge is 0.254 e. The molecule has 114 valence electrons. The summed E-state index contributed by atoms with van der Waals surface area (Å²) in [6, 6.07) is 8.09. The molecule has 1 saturated heterocycles. The molecule has 2 rings (SSSR count). The molecule has 1 aliphatic rings. The first-order valence-corrected chi connectivity index (χ1v) is 8.69. The first-order chi connectivity index (χ1) is 10.3. The number of rotatable bonds is 5. The summed E-state index contributed by atoms with van der Waals surface area (Å²) in [6.07, 6.45) is 8.68. The van der Waals surface area contributed by atoms with E-state index in [1.165, 1.54) is 30.6 Å². The largest absolute Gasteiger partial charge is 0.294 e. The van der Waals surface area contributed by atoms with Gasteiger partial charge in [-0.05, 0) is 49.9 Å². The van der Waals surface area contributed by atoms with Crippen LogP contribution in [0.3, 0.4) is 0 Å². The number of likely N-dealkylation sites (tertiary alicyclic amines) is 1. The van der Waals surface area contributed by atoms with Crippen molar-refractivity contribution < 1.29 is 4.79 Å². The highest BCUT2D eigenvalue weighted by Gasteiger charge is 2.12. The summed E-state index contributed by atoms with van der Waals surface area (Å²) in [5, 5.41) is 4.03. The van der Waals surface area contributed by atoms with Crippen LogP contribution in [0.25, 0.3) is 0 Å². The second-order valence-corrected chi connectivity index (χ2v) is 6.14. The molecular weight excluding hydrogens is 282 g/mol. The Bertz CT molecular complexity index is 465. The van der Waals surface area contributed by atoms with E-state index in [0.717, 1.165) is 18.7 Å². The maximum absolute atomic E-state index is 11.8. The number of nitrogens with one attached hydrogen (secondary N) is 1. The Morgan fingerprint density at radius 3 is 2.52 bits per heavy atom. The lowest BCUT2D eigenvalue weighted by molar-refractivity contribution is -0.122. The van der Waals surface area contributed by atoms with Gasteiger partial charge in [0.15, 0.2) is 0 Å². The van der Waals surface area contributed by atoms with Crippen LogP contribution in [-0.4, -0.2) is 42.9 Å². The molecule has 0 saturated carbocycles. The van der Waals surface area contributed by atoms with E-state index >= 15 is 0 Å². The highest BCUT2D eigenvalue weighted by Crippen LogP contribution is 2.13. The molecule has 21 heavy (non-hydrogen) atoms. The van der Waals surface area contributed by atoms with Crippen molar-refractivity contribution in [1.82, 2.24) is 10.3 Å². The van der Waals surface area contributed by atoms with Crippen LogP contribution < -0.4 is 5.43 Å². The summed E-state index contributed by atoms with van der Waals surface area (Å²) < 4.78 is 0. The summed E-state index contributed by atoms with van der Waals surface area (Å²) >= 11 is 1.71. The van der Waals surface area contributed by atoms with Gasteiger partial charge in [-0.15, -0.1) is 11.8 Å². The zero-order chi connectivity index (χ0) is 14.9. The molecule has 1 aromatic rings. The Kier molecular flexibility index (Phi) is 6.76. The van der Waals surface area contributed by atoms with E-state index in [-0.39, 0.29) is 5.91 Å². The first-order valence-electron chi connectivity index (χ1n) is 7.46. The Morgan fingerprint density at radius 2 is 1.90 bits per heavy atom. The normalized spacial score (nSPS) is 16.8. The van der Waals surface area contributed by atoms with Crippen molar-refractivity contribution in [2.24, 2.45) is 5.10 Å². The maximum Gasteiger partial charge on any atom is 0.254 e. The van der Waals surface area contributed by atoms with Crippen LogP contribution >= 0.6 is 11.8 Å². The second-order valence-electron chi connectivity index (χ2n) is 5.26. The molecule has 1 aliphatic heterocycles. The lowest BCUT2D eigenvalue weighted by atomic mass is 10.2. The quantitative estimate of drug-likeness (QED) is 0.517. The predicted octanol–water partition coefficient (Wildman–Crippen LogP) is 2.73. The van der Waals surface area contributed by atoms with Crippen LogP contribution in [0.15, 0.2) is 34.3 Å². The number of hydrogen-bond acceptors (Lipinski definition) is 4. The van der Waals surface area contributed by atoms with E-state index in [2.05, 4.69) is 15.4 Å². The van der Waals surface area contributed by atoms with Gasteiger partial charge in [-0.2, -0.15) is 5.10 Å². The second kappa shape index (κ2) is 8.85. The molecular formula is C16H23N3OS. The number of hydrazone groups is 1. The molecule has 1 aromatic carbocycles. The van der Waals surface area contributed by atoms with E-state index < -0.39 is 0 Å². The van der Waals surface area contributed by atoms with E-state index in [0.29, 0.717) is 6.54 Å². The molecule has 4 nitrogen and oxygen atoms in total. The molecule has 0 radical (unpaired) electrons. The molecule has 1 amide bonds. The highest BCUT2D eigenvalue weighted by molar-refractivity contribution is 7.98. The lowest BCUT2D eigenvalue weighted by Crippen LogP contribution is -2.35. The van der Waals surface area contributed by atoms with Crippen LogP contribution in [0.2, 0.25) is 0 Å². The third kappa shape index (κ3) is 5.89. The molecule has 1 heterocycles. The number of amides is 1. The minimum atomic E-state index is -0.0334. The van der Waals surface area contributed by atoms with Crippen molar-refractivity contribution in [3.05, 3.63) is 29.8 Å². The number of benzene rings is 1. The SMILES string of the molecule is CSc1ccc(C=NNC(=O)CN2CCCCCC2)cc1. The summed E-state index contributed by atoms with van der Waals surface area (Å²) in [5.41, 5.74) is 3.60. The number of thioether (sulfide) groups is 1. The fourth-order valence-electron chi connectivity index (χ4n) is 2.40. The average molecular weight is 305 g/mol. The van der Waals surface area contributed by atoms with E-state index in [4.69, 9.17) is 0 Å². The molecule has 0 spiro atoms. The minimum Gasteiger partial charge on any atom is -0.294 e. The van der Waals surface area contributed by atoms with E-state index in [1.54, 1.807) is 18.0 Å². The van der Waals surface area contributed by atoms with Crippen LogP contribution in [0.4, 0.5) is 0 Å². The van der Waals surface area contributed by atoms with Crippen molar-refractivity contribution in [2.45, 2.75) is 30.6 Å². The van der Waals surface area contributed by atoms with Crippen LogP contribution in [-0.2, 0) is 4.79 Å². The van der Waals surface area contributed by atoms with Gasteiger partial charge >= 0.3 is 0 Å². The molecule has 5 heteroatoms. The fourth-order valence-corrected chi connectivity index (χ4v) is 2.81. The zero-order valence-electron chi connectivity index (χ0n) is 12.5. The van der Waals surface area contributed by atoms with Gasteiger partial charge in [0.2, 0.25) is 0 Å². The van der Waals surface area contributed by atoms with Crippen molar-refractivity contribution in [1.29, 1.82) is 0 Å². The van der Waals surface area contributed by atoms with Crippen LogP contribution in [0.5, 0.6) is 0 Å². The van der Waals surface area contributed by atoms with Crippen molar-refractivity contribution in [2.75, 3.05) is 25.9 Å². The topological polar surface area (TPSA) is 44.7 Å². The van der Waals surface area contributed by atoms with Gasteiger partial charge in [0, 0.05) is 4.90 Å². The highest BCUT2D eigenvalue weighted by atomic mass is 32.2. The monoisotopic (exact) mass is 305 g/mol. The van der Waals surface area contributed by atoms with Crippen molar-refractivity contribution >= 4 is 23.9 Å². The fraction of sp³-hybridized carbons (Fsp3) is 0.500. The van der Waals surface area contributed by atoms with Gasteiger partial charge < -0.3 is 0 Å². The number of carbonyl (C=O) groups excluding carboxylic acids is 1. The summed E-state index contributed by atoms with van der Waals surface area (Å²) in [4.78, 5) is 15.3. The molecule has 0 unspecified atom stereocenters. The zero-order valence-corrected chi connectivity index (χ0v) is 13.4. The number of hydrogen-bond donors (Lipinski definition) is 1. The maximum atomic E-state index is 11.8. The number of carbonyl (C=O) groups is 1. The third-order valence-electron chi connectivity index (χ3n) is 3.58. The van der Waals surface area contributed by atoms with Crippen molar-refractivity contribution in [3.63, 3.8) is 0 Å². The summed E-state index contributed by atoms with van der Waals surface area (Å²) in [7, 11) is 0. The summed E-state index contributed by atoms with van der Waals surface area (Å²) in [5.74, 6) is -0.0334. The Hall–Kier alpha value is -1.33. The standard InChI is InChI=1S/C16H23N3OS/c1-21-15-8-6-14(7-9-15)12-17-18-16(20)13-19-10-4-2-3-5-11-19/h6-9,12H,2-5,10-11,13H2,1H3,(H,18,20).